The Balaban J connectivity index is 2.20. The van der Waals surface area contributed by atoms with Gasteiger partial charge < -0.3 is 5.32 Å². The molecule has 2 atom stereocenters. The smallest absolute Gasteiger partial charge is 0.167 e. The van der Waals surface area contributed by atoms with Gasteiger partial charge in [-0.15, -0.1) is 5.10 Å². The molecule has 1 heterocycles. The van der Waals surface area contributed by atoms with Crippen molar-refractivity contribution in [2.75, 3.05) is 11.1 Å². The van der Waals surface area contributed by atoms with Gasteiger partial charge in [0.15, 0.2) is 5.82 Å². The van der Waals surface area contributed by atoms with Crippen molar-refractivity contribution in [3.63, 3.8) is 0 Å². The largest absolute Gasteiger partial charge is 0.364 e. The highest BCUT2D eigenvalue weighted by Crippen LogP contribution is 2.32. The number of rotatable bonds is 4. The molecule has 0 amide bonds. The Hall–Kier alpha value is -1.28. The first kappa shape index (κ1) is 14.1. The molecule has 1 aromatic rings. The number of anilines is 1. The van der Waals surface area contributed by atoms with Crippen molar-refractivity contribution < 1.29 is 0 Å². The minimum absolute atomic E-state index is 0.411. The van der Waals surface area contributed by atoms with Gasteiger partial charge in [0.2, 0.25) is 0 Å². The van der Waals surface area contributed by atoms with Crippen LogP contribution in [0.2, 0.25) is 0 Å². The van der Waals surface area contributed by atoms with Crippen molar-refractivity contribution in [3.8, 4) is 6.07 Å². The Labute approximate surface area is 119 Å². The molecule has 0 radical (unpaired) electrons. The SMILES string of the molecule is CCSC1CCCC1Nc1nnc(C)c(C)c1C#N. The highest BCUT2D eigenvalue weighted by Gasteiger charge is 2.28. The summed E-state index contributed by atoms with van der Waals surface area (Å²) in [6.45, 7) is 6.01. The summed E-state index contributed by atoms with van der Waals surface area (Å²) >= 11 is 1.99. The molecule has 0 saturated heterocycles. The predicted octanol–water partition coefficient (Wildman–Crippen LogP) is 3.05. The van der Waals surface area contributed by atoms with Crippen LogP contribution in [-0.4, -0.2) is 27.2 Å². The van der Waals surface area contributed by atoms with Crippen molar-refractivity contribution in [1.82, 2.24) is 10.2 Å². The number of nitrogens with zero attached hydrogens (tertiary/aromatic N) is 3. The topological polar surface area (TPSA) is 61.6 Å². The summed E-state index contributed by atoms with van der Waals surface area (Å²) in [6.07, 6.45) is 3.64. The van der Waals surface area contributed by atoms with Gasteiger partial charge >= 0.3 is 0 Å². The van der Waals surface area contributed by atoms with E-state index in [0.717, 1.165) is 23.4 Å². The Morgan fingerprint density at radius 3 is 2.84 bits per heavy atom. The minimum Gasteiger partial charge on any atom is -0.364 e. The predicted molar refractivity (Wildman–Crippen MR) is 79.4 cm³/mol. The first-order valence-electron chi connectivity index (χ1n) is 6.79. The third-order valence-electron chi connectivity index (χ3n) is 3.72. The van der Waals surface area contributed by atoms with Gasteiger partial charge in [-0.2, -0.15) is 22.1 Å². The van der Waals surface area contributed by atoms with Crippen LogP contribution in [0.4, 0.5) is 5.82 Å². The highest BCUT2D eigenvalue weighted by molar-refractivity contribution is 7.99. The summed E-state index contributed by atoms with van der Waals surface area (Å²) in [6, 6.07) is 2.66. The van der Waals surface area contributed by atoms with Crippen LogP contribution in [0.25, 0.3) is 0 Å². The van der Waals surface area contributed by atoms with Crippen LogP contribution in [0.5, 0.6) is 0 Å². The summed E-state index contributed by atoms with van der Waals surface area (Å²) in [5, 5.41) is 21.7. The zero-order valence-electron chi connectivity index (χ0n) is 11.7. The zero-order valence-corrected chi connectivity index (χ0v) is 12.5. The normalized spacial score (nSPS) is 22.2. The fraction of sp³-hybridized carbons (Fsp3) is 0.643. The van der Waals surface area contributed by atoms with Gasteiger partial charge in [-0.05, 0) is 38.0 Å². The Bertz CT molecular complexity index is 495. The third-order valence-corrected chi connectivity index (χ3v) is 5.05. The number of hydrogen-bond donors (Lipinski definition) is 1. The molecule has 1 saturated carbocycles. The fourth-order valence-corrected chi connectivity index (χ4v) is 3.72. The molecule has 5 heteroatoms. The van der Waals surface area contributed by atoms with Crippen LogP contribution in [0.3, 0.4) is 0 Å². The molecule has 19 heavy (non-hydrogen) atoms. The molecule has 1 aliphatic carbocycles. The van der Waals surface area contributed by atoms with Crippen LogP contribution in [-0.2, 0) is 0 Å². The quantitative estimate of drug-likeness (QED) is 0.915. The number of thioether (sulfide) groups is 1. The third kappa shape index (κ3) is 3.01. The van der Waals surface area contributed by atoms with Crippen molar-refractivity contribution >= 4 is 17.6 Å². The van der Waals surface area contributed by atoms with Crippen molar-refractivity contribution in [2.45, 2.75) is 51.3 Å². The lowest BCUT2D eigenvalue weighted by molar-refractivity contribution is 0.755. The Morgan fingerprint density at radius 1 is 1.37 bits per heavy atom. The lowest BCUT2D eigenvalue weighted by Crippen LogP contribution is -2.27. The second-order valence-corrected chi connectivity index (χ2v) is 6.44. The number of nitrogens with one attached hydrogen (secondary N) is 1. The molecule has 0 aliphatic heterocycles. The lowest BCUT2D eigenvalue weighted by atomic mass is 10.1. The highest BCUT2D eigenvalue weighted by atomic mass is 32.2. The second kappa shape index (κ2) is 6.25. The van der Waals surface area contributed by atoms with Crippen LogP contribution in [0, 0.1) is 25.2 Å². The van der Waals surface area contributed by atoms with E-state index in [1.807, 2.05) is 25.6 Å². The van der Waals surface area contributed by atoms with Gasteiger partial charge in [-0.25, -0.2) is 0 Å². The lowest BCUT2D eigenvalue weighted by Gasteiger charge is -2.21. The van der Waals surface area contributed by atoms with Crippen molar-refractivity contribution in [1.29, 1.82) is 5.26 Å². The standard InChI is InChI=1S/C14H20N4S/c1-4-19-13-7-5-6-12(13)16-14-11(8-15)9(2)10(3)17-18-14/h12-13H,4-7H2,1-3H3,(H,16,18). The maximum Gasteiger partial charge on any atom is 0.167 e. The van der Waals surface area contributed by atoms with Gasteiger partial charge in [-0.1, -0.05) is 13.3 Å². The summed E-state index contributed by atoms with van der Waals surface area (Å²) in [4.78, 5) is 0. The number of aryl methyl sites for hydroxylation is 1. The molecule has 4 nitrogen and oxygen atoms in total. The van der Waals surface area contributed by atoms with E-state index >= 15 is 0 Å². The van der Waals surface area contributed by atoms with E-state index < -0.39 is 0 Å². The number of aromatic nitrogens is 2. The number of nitriles is 1. The summed E-state index contributed by atoms with van der Waals surface area (Å²) in [7, 11) is 0. The Morgan fingerprint density at radius 2 is 2.16 bits per heavy atom. The van der Waals surface area contributed by atoms with Crippen LogP contribution >= 0.6 is 11.8 Å². The van der Waals surface area contributed by atoms with Gasteiger partial charge in [0.25, 0.3) is 0 Å². The molecular weight excluding hydrogens is 256 g/mol. The fourth-order valence-electron chi connectivity index (χ4n) is 2.53. The molecule has 1 aromatic heterocycles. The summed E-state index contributed by atoms with van der Waals surface area (Å²) < 4.78 is 0. The van der Waals surface area contributed by atoms with E-state index in [2.05, 4.69) is 28.5 Å². The summed E-state index contributed by atoms with van der Waals surface area (Å²) in [5.74, 6) is 1.78. The molecule has 102 valence electrons. The van der Waals surface area contributed by atoms with E-state index in [1.165, 1.54) is 12.8 Å². The maximum absolute atomic E-state index is 9.30. The zero-order chi connectivity index (χ0) is 13.8. The van der Waals surface area contributed by atoms with Gasteiger partial charge in [0, 0.05) is 11.3 Å². The molecule has 0 spiro atoms. The van der Waals surface area contributed by atoms with Gasteiger partial charge in [0.1, 0.15) is 11.6 Å². The summed E-state index contributed by atoms with van der Waals surface area (Å²) in [5.41, 5.74) is 2.39. The second-order valence-electron chi connectivity index (χ2n) is 4.92. The first-order valence-corrected chi connectivity index (χ1v) is 7.84. The molecule has 1 aliphatic rings. The van der Waals surface area contributed by atoms with Crippen molar-refractivity contribution in [3.05, 3.63) is 16.8 Å². The van der Waals surface area contributed by atoms with E-state index in [4.69, 9.17) is 0 Å². The molecule has 2 rings (SSSR count). The maximum atomic E-state index is 9.30. The van der Waals surface area contributed by atoms with Crippen LogP contribution in [0.15, 0.2) is 0 Å². The monoisotopic (exact) mass is 276 g/mol. The molecule has 2 unspecified atom stereocenters. The molecule has 1 N–H and O–H groups in total. The van der Waals surface area contributed by atoms with E-state index in [0.29, 0.717) is 22.7 Å². The molecule has 0 aromatic carbocycles. The molecule has 0 bridgehead atoms. The van der Waals surface area contributed by atoms with Crippen molar-refractivity contribution in [2.24, 2.45) is 0 Å². The average Bonchev–Trinajstić information content (AvgIpc) is 2.82. The van der Waals surface area contributed by atoms with Crippen LogP contribution in [0.1, 0.15) is 43.0 Å². The molecule has 1 fully saturated rings. The van der Waals surface area contributed by atoms with Gasteiger partial charge in [0.05, 0.1) is 5.69 Å². The van der Waals surface area contributed by atoms with E-state index in [9.17, 15) is 5.26 Å². The first-order chi connectivity index (χ1) is 9.17. The average molecular weight is 276 g/mol. The Kier molecular flexibility index (Phi) is 4.65. The van der Waals surface area contributed by atoms with E-state index in [1.54, 1.807) is 0 Å². The molecular formula is C14H20N4S. The van der Waals surface area contributed by atoms with E-state index in [-0.39, 0.29) is 0 Å². The van der Waals surface area contributed by atoms with Gasteiger partial charge in [-0.3, -0.25) is 0 Å². The van der Waals surface area contributed by atoms with Crippen LogP contribution < -0.4 is 5.32 Å². The number of hydrogen-bond acceptors (Lipinski definition) is 5. The minimum atomic E-state index is 0.411.